The van der Waals surface area contributed by atoms with E-state index in [2.05, 4.69) is 5.32 Å². The Morgan fingerprint density at radius 1 is 1.05 bits per heavy atom. The van der Waals surface area contributed by atoms with Crippen molar-refractivity contribution >= 4 is 11.8 Å². The highest BCUT2D eigenvalue weighted by atomic mass is 16.2. The number of carbonyl (C=O) groups excluding carboxylic acids is 2. The van der Waals surface area contributed by atoms with Gasteiger partial charge in [-0.15, -0.1) is 0 Å². The zero-order valence-corrected chi connectivity index (χ0v) is 11.3. The van der Waals surface area contributed by atoms with E-state index in [1.165, 1.54) is 12.8 Å². The van der Waals surface area contributed by atoms with Crippen LogP contribution < -0.4 is 5.32 Å². The average Bonchev–Trinajstić information content (AvgIpc) is 2.78. The monoisotopic (exact) mass is 270 g/mol. The highest BCUT2D eigenvalue weighted by Crippen LogP contribution is 2.32. The van der Waals surface area contributed by atoms with Crippen LogP contribution in [0.15, 0.2) is 24.3 Å². The van der Waals surface area contributed by atoms with Crippen LogP contribution in [0.5, 0.6) is 0 Å². The van der Waals surface area contributed by atoms with E-state index in [9.17, 15) is 9.59 Å². The van der Waals surface area contributed by atoms with Gasteiger partial charge in [-0.2, -0.15) is 0 Å². The molecule has 3 heterocycles. The molecule has 1 aromatic carbocycles. The summed E-state index contributed by atoms with van der Waals surface area (Å²) in [4.78, 5) is 26.6. The van der Waals surface area contributed by atoms with E-state index < -0.39 is 0 Å². The summed E-state index contributed by atoms with van der Waals surface area (Å²) in [5, 5.41) is 3.56. The molecule has 4 rings (SSSR count). The van der Waals surface area contributed by atoms with Crippen molar-refractivity contribution in [3.8, 4) is 0 Å². The number of amides is 2. The quantitative estimate of drug-likeness (QED) is 0.787. The number of nitrogens with zero attached hydrogens (tertiary/aromatic N) is 1. The molecule has 20 heavy (non-hydrogen) atoms. The van der Waals surface area contributed by atoms with Crippen LogP contribution in [-0.4, -0.2) is 34.8 Å². The molecule has 0 saturated carbocycles. The van der Waals surface area contributed by atoms with Crippen molar-refractivity contribution in [1.29, 1.82) is 0 Å². The molecule has 4 nitrogen and oxygen atoms in total. The predicted octanol–water partition coefficient (Wildman–Crippen LogP) is 1.49. The smallest absolute Gasteiger partial charge is 0.261 e. The molecule has 2 fully saturated rings. The van der Waals surface area contributed by atoms with Gasteiger partial charge in [-0.25, -0.2) is 0 Å². The maximum Gasteiger partial charge on any atom is 0.261 e. The second-order valence-corrected chi connectivity index (χ2v) is 6.17. The Kier molecular flexibility index (Phi) is 2.67. The molecule has 104 valence electrons. The Labute approximate surface area is 118 Å². The lowest BCUT2D eigenvalue weighted by atomic mass is 9.92. The summed E-state index contributed by atoms with van der Waals surface area (Å²) in [5.74, 6) is -0.122. The van der Waals surface area contributed by atoms with Crippen molar-refractivity contribution in [2.75, 3.05) is 0 Å². The summed E-state index contributed by atoms with van der Waals surface area (Å²) < 4.78 is 0. The van der Waals surface area contributed by atoms with Crippen molar-refractivity contribution in [2.45, 2.75) is 50.2 Å². The minimum Gasteiger partial charge on any atom is -0.311 e. The average molecular weight is 270 g/mol. The van der Waals surface area contributed by atoms with Crippen LogP contribution in [0.2, 0.25) is 0 Å². The summed E-state index contributed by atoms with van der Waals surface area (Å²) in [7, 11) is 0. The van der Waals surface area contributed by atoms with Crippen LogP contribution in [0.4, 0.5) is 0 Å². The minimum absolute atomic E-state index is 0.0278. The van der Waals surface area contributed by atoms with Gasteiger partial charge < -0.3 is 5.32 Å². The van der Waals surface area contributed by atoms with Crippen LogP contribution in [0.3, 0.4) is 0 Å². The highest BCUT2D eigenvalue weighted by Gasteiger charge is 2.42. The molecule has 3 aliphatic heterocycles. The molecule has 0 spiro atoms. The van der Waals surface area contributed by atoms with Crippen molar-refractivity contribution in [1.82, 2.24) is 10.2 Å². The van der Waals surface area contributed by atoms with Crippen molar-refractivity contribution in [3.05, 3.63) is 35.4 Å². The third-order valence-corrected chi connectivity index (χ3v) is 4.89. The van der Waals surface area contributed by atoms with Gasteiger partial charge in [0.2, 0.25) is 5.91 Å². The maximum absolute atomic E-state index is 12.6. The van der Waals surface area contributed by atoms with Gasteiger partial charge in [-0.05, 0) is 37.3 Å². The third-order valence-electron chi connectivity index (χ3n) is 4.89. The van der Waals surface area contributed by atoms with E-state index in [1.54, 1.807) is 4.90 Å². The Morgan fingerprint density at radius 3 is 2.50 bits per heavy atom. The molecule has 3 aliphatic rings. The fraction of sp³-hybridized carbons (Fsp3) is 0.500. The summed E-state index contributed by atoms with van der Waals surface area (Å²) in [6.07, 6.45) is 4.54. The normalized spacial score (nSPS) is 32.4. The van der Waals surface area contributed by atoms with E-state index in [0.29, 0.717) is 24.1 Å². The summed E-state index contributed by atoms with van der Waals surface area (Å²) in [6, 6.07) is 8.54. The van der Waals surface area contributed by atoms with E-state index in [0.717, 1.165) is 18.4 Å². The second-order valence-electron chi connectivity index (χ2n) is 6.17. The Bertz CT molecular complexity index is 572. The van der Waals surface area contributed by atoms with Crippen LogP contribution in [-0.2, 0) is 11.2 Å². The number of carbonyl (C=O) groups is 2. The standard InChI is InChI=1S/C16H18N2O2/c19-15-7-10-3-1-2-4-14(10)16(20)18(15)13-8-11-5-6-12(9-13)17-11/h1-4,11-13,17H,5-9H2. The van der Waals surface area contributed by atoms with Crippen molar-refractivity contribution < 1.29 is 9.59 Å². The van der Waals surface area contributed by atoms with Gasteiger partial charge >= 0.3 is 0 Å². The SMILES string of the molecule is O=C1Cc2ccccc2C(=O)N1C1CC2CCC(C1)N2. The molecule has 1 aromatic rings. The minimum atomic E-state index is -0.0943. The third kappa shape index (κ3) is 1.79. The molecular formula is C16H18N2O2. The first kappa shape index (κ1) is 12.1. The number of nitrogens with one attached hydrogen (secondary N) is 1. The zero-order valence-electron chi connectivity index (χ0n) is 11.3. The van der Waals surface area contributed by atoms with E-state index >= 15 is 0 Å². The largest absolute Gasteiger partial charge is 0.311 e. The predicted molar refractivity (Wildman–Crippen MR) is 74.3 cm³/mol. The van der Waals surface area contributed by atoms with Crippen molar-refractivity contribution in [3.63, 3.8) is 0 Å². The maximum atomic E-state index is 12.6. The number of piperidine rings is 1. The Morgan fingerprint density at radius 2 is 1.75 bits per heavy atom. The number of hydrogen-bond donors (Lipinski definition) is 1. The molecule has 2 atom stereocenters. The summed E-state index contributed by atoms with van der Waals surface area (Å²) >= 11 is 0. The first-order valence-corrected chi connectivity index (χ1v) is 7.42. The fourth-order valence-corrected chi connectivity index (χ4v) is 3.98. The van der Waals surface area contributed by atoms with Crippen LogP contribution in [0.25, 0.3) is 0 Å². The first-order valence-electron chi connectivity index (χ1n) is 7.42. The van der Waals surface area contributed by atoms with E-state index in [1.807, 2.05) is 24.3 Å². The molecule has 2 unspecified atom stereocenters. The van der Waals surface area contributed by atoms with Crippen LogP contribution >= 0.6 is 0 Å². The lowest BCUT2D eigenvalue weighted by molar-refractivity contribution is -0.130. The lowest BCUT2D eigenvalue weighted by Gasteiger charge is -2.38. The second kappa shape index (κ2) is 4.42. The van der Waals surface area contributed by atoms with Gasteiger partial charge in [0.05, 0.1) is 6.42 Å². The molecule has 0 radical (unpaired) electrons. The Hall–Kier alpha value is -1.68. The van der Waals surface area contributed by atoms with Crippen LogP contribution in [0, 0.1) is 0 Å². The number of hydrogen-bond acceptors (Lipinski definition) is 3. The topological polar surface area (TPSA) is 49.4 Å². The van der Waals surface area contributed by atoms with E-state index in [4.69, 9.17) is 0 Å². The molecule has 0 aliphatic carbocycles. The molecule has 1 N–H and O–H groups in total. The summed E-state index contributed by atoms with van der Waals surface area (Å²) in [5.41, 5.74) is 1.58. The highest BCUT2D eigenvalue weighted by molar-refractivity contribution is 6.10. The Balaban J connectivity index is 1.65. The number of fused-ring (bicyclic) bond motifs is 3. The number of imide groups is 1. The molecule has 2 saturated heterocycles. The van der Waals surface area contributed by atoms with Gasteiger partial charge in [0.1, 0.15) is 0 Å². The first-order chi connectivity index (χ1) is 9.72. The molecule has 2 amide bonds. The van der Waals surface area contributed by atoms with Gasteiger partial charge in [0, 0.05) is 23.7 Å². The number of benzene rings is 1. The van der Waals surface area contributed by atoms with Crippen molar-refractivity contribution in [2.24, 2.45) is 0 Å². The molecule has 2 bridgehead atoms. The number of rotatable bonds is 1. The lowest BCUT2D eigenvalue weighted by Crippen LogP contribution is -2.54. The van der Waals surface area contributed by atoms with Gasteiger partial charge in [0.15, 0.2) is 0 Å². The fourth-order valence-electron chi connectivity index (χ4n) is 3.98. The van der Waals surface area contributed by atoms with Gasteiger partial charge in [-0.1, -0.05) is 18.2 Å². The zero-order chi connectivity index (χ0) is 13.7. The molecule has 0 aromatic heterocycles. The molecule has 4 heteroatoms. The van der Waals surface area contributed by atoms with Gasteiger partial charge in [0.25, 0.3) is 5.91 Å². The summed E-state index contributed by atoms with van der Waals surface area (Å²) in [6.45, 7) is 0. The van der Waals surface area contributed by atoms with Gasteiger partial charge in [-0.3, -0.25) is 14.5 Å². The van der Waals surface area contributed by atoms with E-state index in [-0.39, 0.29) is 17.9 Å². The molecular weight excluding hydrogens is 252 g/mol. The van der Waals surface area contributed by atoms with Crippen LogP contribution in [0.1, 0.15) is 41.6 Å².